The number of nitro benzene ring substituents is 3. The van der Waals surface area contributed by atoms with Crippen LogP contribution in [0.15, 0.2) is 42.7 Å². The summed E-state index contributed by atoms with van der Waals surface area (Å²) >= 11 is 0. The Kier molecular flexibility index (Phi) is 24.3. The van der Waals surface area contributed by atoms with E-state index in [4.69, 9.17) is 0 Å². The molecule has 0 saturated carbocycles. The van der Waals surface area contributed by atoms with E-state index in [2.05, 4.69) is 42.1 Å². The maximum Gasteiger partial charge on any atom is 1.00 e. The number of benzene rings is 1. The molecule has 40 heavy (non-hydrogen) atoms. The predicted octanol–water partition coefficient (Wildman–Crippen LogP) is 0.948. The Balaban J connectivity index is 0. The third-order valence-corrected chi connectivity index (χ3v) is 6.19. The molecular formula is C27H40ClN4NaO7. The third-order valence-electron chi connectivity index (χ3n) is 6.19. The van der Waals surface area contributed by atoms with E-state index >= 15 is 0 Å². The summed E-state index contributed by atoms with van der Waals surface area (Å²) in [4.78, 5) is 27.5. The van der Waals surface area contributed by atoms with E-state index in [1.165, 1.54) is 96.4 Å². The summed E-state index contributed by atoms with van der Waals surface area (Å²) < 4.78 is 2.29. The fourth-order valence-electron chi connectivity index (χ4n) is 4.03. The molecule has 0 unspecified atom stereocenters. The molecule has 0 saturated heterocycles. The number of non-ortho nitro benzene ring substituents is 1. The van der Waals surface area contributed by atoms with Crippen LogP contribution in [-0.4, -0.2) is 14.8 Å². The molecule has 13 heteroatoms. The van der Waals surface area contributed by atoms with Gasteiger partial charge in [0, 0.05) is 18.6 Å². The van der Waals surface area contributed by atoms with Crippen molar-refractivity contribution in [3.63, 3.8) is 0 Å². The van der Waals surface area contributed by atoms with Crippen molar-refractivity contribution in [1.82, 2.24) is 0 Å². The largest absolute Gasteiger partial charge is 1.00 e. The minimum atomic E-state index is -1.46. The Labute approximate surface area is 264 Å². The fraction of sp³-hybridized carbons (Fsp3) is 0.593. The topological polar surface area (TPSA) is 156 Å². The van der Waals surface area contributed by atoms with Gasteiger partial charge >= 0.3 is 29.6 Å². The van der Waals surface area contributed by atoms with Crippen LogP contribution in [0.4, 0.5) is 17.1 Å². The zero-order valence-corrected chi connectivity index (χ0v) is 26.4. The minimum Gasteiger partial charge on any atom is -1.00 e. The number of rotatable bonds is 18. The van der Waals surface area contributed by atoms with Gasteiger partial charge in [-0.1, -0.05) is 90.0 Å². The predicted molar refractivity (Wildman–Crippen MR) is 143 cm³/mol. The van der Waals surface area contributed by atoms with Crippen molar-refractivity contribution in [2.24, 2.45) is 0 Å². The molecule has 2 aromatic rings. The second-order valence-corrected chi connectivity index (χ2v) is 9.29. The Bertz CT molecular complexity index is 965. The Hall–Kier alpha value is -2.34. The Morgan fingerprint density at radius 1 is 0.625 bits per heavy atom. The van der Waals surface area contributed by atoms with Crippen LogP contribution in [0.2, 0.25) is 0 Å². The summed E-state index contributed by atoms with van der Waals surface area (Å²) in [5.41, 5.74) is -3.26. The molecule has 0 fully saturated rings. The molecule has 0 bridgehead atoms. The maximum atomic E-state index is 11.1. The van der Waals surface area contributed by atoms with Crippen molar-refractivity contribution in [1.29, 1.82) is 0 Å². The molecule has 218 valence electrons. The number of hydrogen-bond acceptors (Lipinski definition) is 7. The first kappa shape index (κ1) is 39.8. The number of nitro groups is 3. The van der Waals surface area contributed by atoms with Gasteiger partial charge in [0.1, 0.15) is 6.54 Å². The first-order valence-corrected chi connectivity index (χ1v) is 13.5. The van der Waals surface area contributed by atoms with E-state index in [0.717, 1.165) is 0 Å². The molecule has 1 aromatic heterocycles. The Morgan fingerprint density at radius 3 is 1.35 bits per heavy atom. The van der Waals surface area contributed by atoms with Crippen molar-refractivity contribution in [3.8, 4) is 5.75 Å². The van der Waals surface area contributed by atoms with Crippen LogP contribution in [0.5, 0.6) is 5.75 Å². The van der Waals surface area contributed by atoms with Crippen LogP contribution >= 0.6 is 0 Å². The van der Waals surface area contributed by atoms with E-state index in [-0.39, 0.29) is 42.0 Å². The van der Waals surface area contributed by atoms with Crippen LogP contribution in [0.1, 0.15) is 96.8 Å². The van der Waals surface area contributed by atoms with Gasteiger partial charge in [0.2, 0.25) is 0 Å². The summed E-state index contributed by atoms with van der Waals surface area (Å²) in [7, 11) is 0. The van der Waals surface area contributed by atoms with Crippen LogP contribution in [-0.2, 0) is 6.54 Å². The molecule has 0 aliphatic rings. The number of nitrogens with zero attached hydrogens (tertiary/aromatic N) is 4. The average Bonchev–Trinajstić information content (AvgIpc) is 2.89. The molecule has 0 amide bonds. The van der Waals surface area contributed by atoms with E-state index in [9.17, 15) is 35.4 Å². The zero-order valence-electron chi connectivity index (χ0n) is 23.7. The summed E-state index contributed by atoms with van der Waals surface area (Å²) in [6.07, 6.45) is 24.4. The summed E-state index contributed by atoms with van der Waals surface area (Å²) in [5, 5.41) is 42.1. The van der Waals surface area contributed by atoms with Crippen LogP contribution < -0.4 is 51.6 Å². The van der Waals surface area contributed by atoms with Gasteiger partial charge in [0.05, 0.1) is 32.7 Å². The monoisotopic (exact) mass is 590 g/mol. The van der Waals surface area contributed by atoms with Crippen molar-refractivity contribution < 1.29 is 66.4 Å². The molecule has 0 radical (unpaired) electrons. The van der Waals surface area contributed by atoms with Gasteiger partial charge in [-0.25, -0.2) is 4.57 Å². The summed E-state index contributed by atoms with van der Waals surface area (Å²) in [5.74, 6) is -1.46. The molecule has 2 rings (SSSR count). The van der Waals surface area contributed by atoms with Gasteiger partial charge in [0.25, 0.3) is 17.1 Å². The molecule has 0 aliphatic heterocycles. The van der Waals surface area contributed by atoms with Crippen molar-refractivity contribution >= 4 is 17.1 Å². The van der Waals surface area contributed by atoms with Gasteiger partial charge < -0.3 is 17.5 Å². The number of aromatic nitrogens is 1. The minimum absolute atomic E-state index is 0. The first-order chi connectivity index (χ1) is 18.3. The van der Waals surface area contributed by atoms with E-state index in [1.807, 2.05) is 0 Å². The smallest absolute Gasteiger partial charge is 1.00 e. The van der Waals surface area contributed by atoms with Gasteiger partial charge in [-0.2, -0.15) is 0 Å². The van der Waals surface area contributed by atoms with Crippen LogP contribution in [0.3, 0.4) is 0 Å². The number of halogens is 1. The molecule has 1 aromatic carbocycles. The molecule has 0 N–H and O–H groups in total. The van der Waals surface area contributed by atoms with E-state index in [0.29, 0.717) is 12.1 Å². The maximum absolute atomic E-state index is 11.1. The number of hydrogen-bond donors (Lipinski definition) is 0. The molecular weight excluding hydrogens is 551 g/mol. The quantitative estimate of drug-likeness (QED) is 0.0822. The third kappa shape index (κ3) is 17.4. The molecule has 0 aliphatic carbocycles. The van der Waals surface area contributed by atoms with E-state index < -0.39 is 37.6 Å². The first-order valence-electron chi connectivity index (χ1n) is 13.5. The van der Waals surface area contributed by atoms with Crippen molar-refractivity contribution in [2.75, 3.05) is 0 Å². The van der Waals surface area contributed by atoms with Crippen LogP contribution in [0, 0.1) is 30.3 Å². The normalized spacial score (nSPS) is 9.93. The number of pyridine rings is 1. The molecule has 11 nitrogen and oxygen atoms in total. The zero-order chi connectivity index (χ0) is 28.2. The van der Waals surface area contributed by atoms with Gasteiger partial charge in [-0.3, -0.25) is 30.3 Å². The molecule has 0 spiro atoms. The fourth-order valence-corrected chi connectivity index (χ4v) is 4.03. The van der Waals surface area contributed by atoms with Gasteiger partial charge in [-0.15, -0.1) is 0 Å². The number of unbranched alkanes of at least 4 members (excludes halogenated alkanes) is 13. The SMILES string of the molecule is CCCCCCCCCCCCCCCC[n+]1ccccc1.O=[N+]([O-])c1cc([N+](=O)[O-])c([O-])c([N+](=O)[O-])c1.[Cl-].[Na+]. The van der Waals surface area contributed by atoms with Crippen molar-refractivity contribution in [3.05, 3.63) is 73.1 Å². The number of aryl methyl sites for hydroxylation is 1. The van der Waals surface area contributed by atoms with Gasteiger partial charge in [-0.05, 0) is 6.42 Å². The van der Waals surface area contributed by atoms with Crippen LogP contribution in [0.25, 0.3) is 0 Å². The summed E-state index contributed by atoms with van der Waals surface area (Å²) in [6, 6.07) is 7.08. The van der Waals surface area contributed by atoms with Gasteiger partial charge in [0.15, 0.2) is 12.4 Å². The summed E-state index contributed by atoms with van der Waals surface area (Å²) in [6.45, 7) is 3.47. The molecule has 1 heterocycles. The Morgan fingerprint density at radius 2 is 1.00 bits per heavy atom. The van der Waals surface area contributed by atoms with Crippen molar-refractivity contribution in [2.45, 2.75) is 103 Å². The second kappa shape index (κ2) is 24.5. The standard InChI is InChI=1S/C21H38N.C6H3N3O7.ClH.Na/c1-2-3-4-5-6-7-8-9-10-11-12-13-14-16-19-22-20-17-15-18-21-22;10-6-4(8(13)14)1-3(7(11)12)2-5(6)9(15)16;;/h15,17-18,20-21H,2-14,16,19H2,1H3;1-2,10H;1H;/q+1;;;+1/p-2. The average molecular weight is 591 g/mol. The van der Waals surface area contributed by atoms with E-state index in [1.54, 1.807) is 0 Å². The second-order valence-electron chi connectivity index (χ2n) is 9.29. The molecule has 0 atom stereocenters.